The van der Waals surface area contributed by atoms with Gasteiger partial charge in [-0.3, -0.25) is 4.79 Å². The SMILES string of the molecule is CCCCCNOc1ccc(C(=O)N(C)C)c(Cl)n1. The Hall–Kier alpha value is -1.33. The third-order valence-electron chi connectivity index (χ3n) is 2.52. The fraction of sp³-hybridized carbons (Fsp3) is 0.538. The first-order chi connectivity index (χ1) is 9.06. The van der Waals surface area contributed by atoms with Crippen LogP contribution in [-0.4, -0.2) is 36.4 Å². The monoisotopic (exact) mass is 285 g/mol. The Morgan fingerprint density at radius 3 is 2.74 bits per heavy atom. The topological polar surface area (TPSA) is 54.5 Å². The number of nitrogens with one attached hydrogen (secondary N) is 1. The number of nitrogens with zero attached hydrogens (tertiary/aromatic N) is 2. The van der Waals surface area contributed by atoms with Gasteiger partial charge in [-0.15, -0.1) is 0 Å². The molecule has 0 fully saturated rings. The maximum absolute atomic E-state index is 11.8. The van der Waals surface area contributed by atoms with E-state index in [2.05, 4.69) is 17.4 Å². The lowest BCUT2D eigenvalue weighted by molar-refractivity contribution is 0.0827. The summed E-state index contributed by atoms with van der Waals surface area (Å²) in [5, 5.41) is 0.145. The van der Waals surface area contributed by atoms with Crippen molar-refractivity contribution in [3.8, 4) is 5.88 Å². The van der Waals surface area contributed by atoms with Gasteiger partial charge in [0.2, 0.25) is 5.88 Å². The average Bonchev–Trinajstić information content (AvgIpc) is 2.38. The molecule has 0 spiro atoms. The molecule has 106 valence electrons. The van der Waals surface area contributed by atoms with E-state index in [0.717, 1.165) is 25.8 Å². The first-order valence-corrected chi connectivity index (χ1v) is 6.72. The number of carbonyl (C=O) groups excluding carboxylic acids is 1. The molecular weight excluding hydrogens is 266 g/mol. The van der Waals surface area contributed by atoms with Crippen LogP contribution in [0.4, 0.5) is 0 Å². The molecule has 6 heteroatoms. The lowest BCUT2D eigenvalue weighted by Crippen LogP contribution is -2.23. The number of unbranched alkanes of at least 4 members (excludes halogenated alkanes) is 2. The molecule has 19 heavy (non-hydrogen) atoms. The van der Waals surface area contributed by atoms with E-state index in [1.54, 1.807) is 26.2 Å². The summed E-state index contributed by atoms with van der Waals surface area (Å²) >= 11 is 5.96. The van der Waals surface area contributed by atoms with Gasteiger partial charge in [0, 0.05) is 26.7 Å². The standard InChI is InChI=1S/C13H20ClN3O2/c1-4-5-6-9-15-19-11-8-7-10(12(14)16-11)13(18)17(2)3/h7-8,15H,4-6,9H2,1-3H3. The first-order valence-electron chi connectivity index (χ1n) is 6.34. The van der Waals surface area contributed by atoms with Crippen molar-refractivity contribution < 1.29 is 9.63 Å². The molecule has 0 aliphatic carbocycles. The van der Waals surface area contributed by atoms with Gasteiger partial charge in [0.05, 0.1) is 5.56 Å². The number of hydroxylamine groups is 1. The second-order valence-corrected chi connectivity index (χ2v) is 4.75. The number of amides is 1. The molecule has 1 rings (SSSR count). The molecule has 0 unspecified atom stereocenters. The Labute approximate surface area is 118 Å². The molecule has 0 saturated heterocycles. The molecule has 0 bridgehead atoms. The van der Waals surface area contributed by atoms with E-state index in [-0.39, 0.29) is 11.1 Å². The fourth-order valence-corrected chi connectivity index (χ4v) is 1.67. The number of hydrogen-bond donors (Lipinski definition) is 1. The van der Waals surface area contributed by atoms with E-state index in [4.69, 9.17) is 16.4 Å². The van der Waals surface area contributed by atoms with Crippen LogP contribution in [0.3, 0.4) is 0 Å². The van der Waals surface area contributed by atoms with Gasteiger partial charge in [-0.1, -0.05) is 31.4 Å². The van der Waals surface area contributed by atoms with Gasteiger partial charge in [0.25, 0.3) is 5.91 Å². The Balaban J connectivity index is 2.54. The summed E-state index contributed by atoms with van der Waals surface area (Å²) in [4.78, 5) is 22.5. The van der Waals surface area contributed by atoms with Crippen molar-refractivity contribution in [1.82, 2.24) is 15.4 Å². The molecule has 0 radical (unpaired) electrons. The van der Waals surface area contributed by atoms with Crippen LogP contribution in [0.15, 0.2) is 12.1 Å². The maximum Gasteiger partial charge on any atom is 0.256 e. The van der Waals surface area contributed by atoms with Crippen molar-refractivity contribution in [3.05, 3.63) is 22.8 Å². The van der Waals surface area contributed by atoms with E-state index in [0.29, 0.717) is 11.4 Å². The molecule has 5 nitrogen and oxygen atoms in total. The van der Waals surface area contributed by atoms with Gasteiger partial charge in [0.1, 0.15) is 5.15 Å². The summed E-state index contributed by atoms with van der Waals surface area (Å²) in [5.41, 5.74) is 3.18. The van der Waals surface area contributed by atoms with Gasteiger partial charge in [-0.05, 0) is 12.5 Å². The molecule has 1 aromatic heterocycles. The minimum absolute atomic E-state index is 0.145. The normalized spacial score (nSPS) is 10.3. The van der Waals surface area contributed by atoms with E-state index >= 15 is 0 Å². The molecule has 0 aromatic carbocycles. The van der Waals surface area contributed by atoms with E-state index < -0.39 is 0 Å². The second kappa shape index (κ2) is 7.96. The molecule has 0 aliphatic heterocycles. The van der Waals surface area contributed by atoms with Gasteiger partial charge in [0.15, 0.2) is 0 Å². The quantitative estimate of drug-likeness (QED) is 0.475. The van der Waals surface area contributed by atoms with Crippen molar-refractivity contribution in [3.63, 3.8) is 0 Å². The lowest BCUT2D eigenvalue weighted by Gasteiger charge is -2.12. The Bertz CT molecular complexity index is 424. The van der Waals surface area contributed by atoms with Crippen molar-refractivity contribution in [2.45, 2.75) is 26.2 Å². The zero-order valence-electron chi connectivity index (χ0n) is 11.6. The second-order valence-electron chi connectivity index (χ2n) is 4.39. The van der Waals surface area contributed by atoms with E-state index in [9.17, 15) is 4.79 Å². The Morgan fingerprint density at radius 2 is 2.16 bits per heavy atom. The Morgan fingerprint density at radius 1 is 1.42 bits per heavy atom. The summed E-state index contributed by atoms with van der Waals surface area (Å²) in [6.07, 6.45) is 3.36. The smallest absolute Gasteiger partial charge is 0.256 e. The van der Waals surface area contributed by atoms with Gasteiger partial charge in [-0.2, -0.15) is 10.5 Å². The zero-order chi connectivity index (χ0) is 14.3. The molecule has 1 heterocycles. The highest BCUT2D eigenvalue weighted by Crippen LogP contribution is 2.18. The van der Waals surface area contributed by atoms with Crippen molar-refractivity contribution >= 4 is 17.5 Å². The van der Waals surface area contributed by atoms with Crippen LogP contribution in [0.25, 0.3) is 0 Å². The summed E-state index contributed by atoms with van der Waals surface area (Å²) in [5.74, 6) is 0.178. The van der Waals surface area contributed by atoms with E-state index in [1.165, 1.54) is 4.90 Å². The lowest BCUT2D eigenvalue weighted by atomic mass is 10.2. The van der Waals surface area contributed by atoms with Crippen molar-refractivity contribution in [2.24, 2.45) is 0 Å². The third kappa shape index (κ3) is 5.04. The Kier molecular flexibility index (Phi) is 6.59. The fourth-order valence-electron chi connectivity index (χ4n) is 1.45. The van der Waals surface area contributed by atoms with Crippen LogP contribution >= 0.6 is 11.6 Å². The number of halogens is 1. The van der Waals surface area contributed by atoms with E-state index in [1.807, 2.05) is 0 Å². The predicted molar refractivity (Wildman–Crippen MR) is 75.4 cm³/mol. The summed E-state index contributed by atoms with van der Waals surface area (Å²) in [7, 11) is 3.33. The summed E-state index contributed by atoms with van der Waals surface area (Å²) in [6.45, 7) is 2.90. The molecule has 1 amide bonds. The van der Waals surface area contributed by atoms with Crippen LogP contribution in [-0.2, 0) is 0 Å². The van der Waals surface area contributed by atoms with Crippen molar-refractivity contribution in [2.75, 3.05) is 20.6 Å². The number of carbonyl (C=O) groups is 1. The zero-order valence-corrected chi connectivity index (χ0v) is 12.3. The highest BCUT2D eigenvalue weighted by Gasteiger charge is 2.14. The number of aromatic nitrogens is 1. The van der Waals surface area contributed by atoms with Crippen LogP contribution in [0.2, 0.25) is 5.15 Å². The molecule has 1 aromatic rings. The number of hydrogen-bond acceptors (Lipinski definition) is 4. The molecule has 0 aliphatic rings. The van der Waals surface area contributed by atoms with Gasteiger partial charge < -0.3 is 9.74 Å². The minimum Gasteiger partial charge on any atom is -0.388 e. The molecule has 0 atom stereocenters. The summed E-state index contributed by atoms with van der Waals surface area (Å²) in [6, 6.07) is 3.23. The highest BCUT2D eigenvalue weighted by atomic mass is 35.5. The van der Waals surface area contributed by atoms with Crippen LogP contribution in [0.1, 0.15) is 36.5 Å². The number of rotatable bonds is 7. The predicted octanol–water partition coefficient (Wildman–Crippen LogP) is 2.51. The largest absolute Gasteiger partial charge is 0.388 e. The van der Waals surface area contributed by atoms with Crippen molar-refractivity contribution in [1.29, 1.82) is 0 Å². The molecule has 1 N–H and O–H groups in total. The van der Waals surface area contributed by atoms with Crippen LogP contribution in [0.5, 0.6) is 5.88 Å². The van der Waals surface area contributed by atoms with Crippen LogP contribution < -0.4 is 10.3 Å². The first kappa shape index (κ1) is 15.7. The third-order valence-corrected chi connectivity index (χ3v) is 2.81. The maximum atomic E-state index is 11.8. The number of pyridine rings is 1. The van der Waals surface area contributed by atoms with Gasteiger partial charge >= 0.3 is 0 Å². The average molecular weight is 286 g/mol. The highest BCUT2D eigenvalue weighted by molar-refractivity contribution is 6.32. The molecular formula is C13H20ClN3O2. The minimum atomic E-state index is -0.181. The summed E-state index contributed by atoms with van der Waals surface area (Å²) < 4.78 is 0. The van der Waals surface area contributed by atoms with Crippen LogP contribution in [0, 0.1) is 0 Å². The molecule has 0 saturated carbocycles. The van der Waals surface area contributed by atoms with Gasteiger partial charge in [-0.25, -0.2) is 0 Å².